The molecule has 2 amide bonds. The van der Waals surface area contributed by atoms with E-state index in [1.807, 2.05) is 52.8 Å². The maximum Gasteiger partial charge on any atom is 0.285 e. The molecule has 42 heavy (non-hydrogen) atoms. The summed E-state index contributed by atoms with van der Waals surface area (Å²) in [5, 5.41) is 29.6. The molecule has 2 N–H and O–H groups in total. The average molecular weight is 586 g/mol. The lowest BCUT2D eigenvalue weighted by molar-refractivity contribution is -0.123. The van der Waals surface area contributed by atoms with Crippen molar-refractivity contribution in [2.75, 3.05) is 18.4 Å². The highest BCUT2D eigenvalue weighted by Gasteiger charge is 2.32. The van der Waals surface area contributed by atoms with Gasteiger partial charge in [-0.05, 0) is 56.4 Å². The molecule has 11 nitrogen and oxygen atoms in total. The Labute approximate surface area is 249 Å². The smallest absolute Gasteiger partial charge is 0.285 e. The highest BCUT2D eigenvalue weighted by atomic mass is 32.1. The van der Waals surface area contributed by atoms with Crippen LogP contribution in [0, 0.1) is 16.7 Å². The Hall–Kier alpha value is -4.37. The second-order valence-electron chi connectivity index (χ2n) is 12.1. The van der Waals surface area contributed by atoms with E-state index in [-0.39, 0.29) is 29.3 Å². The second-order valence-corrected chi connectivity index (χ2v) is 13.1. The number of nitrogens with zero attached hydrogens (tertiary/aromatic N) is 7. The predicted octanol–water partition coefficient (Wildman–Crippen LogP) is 4.76. The first-order valence-electron chi connectivity index (χ1n) is 14.1. The van der Waals surface area contributed by atoms with Crippen LogP contribution in [0.1, 0.15) is 69.2 Å². The molecule has 0 saturated carbocycles. The van der Waals surface area contributed by atoms with Crippen LogP contribution in [0.3, 0.4) is 0 Å². The van der Waals surface area contributed by atoms with Gasteiger partial charge >= 0.3 is 0 Å². The molecule has 1 aliphatic rings. The van der Waals surface area contributed by atoms with Crippen molar-refractivity contribution in [3.63, 3.8) is 0 Å². The van der Waals surface area contributed by atoms with E-state index in [2.05, 4.69) is 32.0 Å². The number of fused-ring (bicyclic) bond motifs is 1. The Kier molecular flexibility index (Phi) is 8.22. The van der Waals surface area contributed by atoms with E-state index in [1.165, 1.54) is 17.5 Å². The third-order valence-electron chi connectivity index (χ3n) is 6.94. The van der Waals surface area contributed by atoms with Crippen LogP contribution in [0.4, 0.5) is 5.69 Å². The van der Waals surface area contributed by atoms with Crippen molar-refractivity contribution in [3.8, 4) is 28.0 Å². The number of nitrogens with one attached hydrogen (secondary N) is 2. The molecule has 218 valence electrons. The minimum Gasteiger partial charge on any atom is -0.382 e. The summed E-state index contributed by atoms with van der Waals surface area (Å²) in [6.07, 6.45) is 5.42. The molecule has 0 bridgehead atoms. The van der Waals surface area contributed by atoms with Gasteiger partial charge in [-0.3, -0.25) is 14.6 Å². The van der Waals surface area contributed by atoms with Crippen LogP contribution in [0.15, 0.2) is 36.7 Å². The number of nitriles is 1. The summed E-state index contributed by atoms with van der Waals surface area (Å²) in [5.74, 6) is -0.172. The molecular formula is C30H35N9O2S. The zero-order valence-electron chi connectivity index (χ0n) is 24.5. The fourth-order valence-corrected chi connectivity index (χ4v) is 5.91. The van der Waals surface area contributed by atoms with Crippen molar-refractivity contribution in [1.29, 1.82) is 5.26 Å². The Morgan fingerprint density at radius 3 is 2.74 bits per heavy atom. The van der Waals surface area contributed by atoms with Gasteiger partial charge in [0.05, 0.1) is 34.2 Å². The molecule has 5 rings (SSSR count). The fourth-order valence-electron chi connectivity index (χ4n) is 5.08. The number of hydrogen-bond acceptors (Lipinski definition) is 9. The number of amides is 2. The topological polar surface area (TPSA) is 141 Å². The number of aromatic nitrogens is 5. The van der Waals surface area contributed by atoms with Gasteiger partial charge in [-0.1, -0.05) is 32.1 Å². The second kappa shape index (κ2) is 11.9. The SMILES string of the molecule is CC(C)Nc1cc(-c2ccc3cc(C#N)cnn23)ncc1-c1nnc(C(=O)N2CCC[C@@H]2CNC(=O)CC(C)(C)C)s1. The zero-order chi connectivity index (χ0) is 30.0. The number of pyridine rings is 1. The predicted molar refractivity (Wildman–Crippen MR) is 162 cm³/mol. The van der Waals surface area contributed by atoms with E-state index in [0.29, 0.717) is 40.8 Å². The zero-order valence-corrected chi connectivity index (χ0v) is 25.3. The van der Waals surface area contributed by atoms with Crippen LogP contribution in [0.25, 0.3) is 27.5 Å². The van der Waals surface area contributed by atoms with E-state index < -0.39 is 0 Å². The van der Waals surface area contributed by atoms with Crippen LogP contribution >= 0.6 is 11.3 Å². The van der Waals surface area contributed by atoms with Gasteiger partial charge in [0.2, 0.25) is 10.9 Å². The highest BCUT2D eigenvalue weighted by molar-refractivity contribution is 7.16. The van der Waals surface area contributed by atoms with E-state index in [9.17, 15) is 14.9 Å². The van der Waals surface area contributed by atoms with Crippen LogP contribution in [0.5, 0.6) is 0 Å². The van der Waals surface area contributed by atoms with Crippen molar-refractivity contribution in [2.24, 2.45) is 5.41 Å². The highest BCUT2D eigenvalue weighted by Crippen LogP contribution is 2.34. The third kappa shape index (κ3) is 6.41. The van der Waals surface area contributed by atoms with Gasteiger partial charge in [-0.25, -0.2) is 4.52 Å². The normalized spacial score (nSPS) is 15.3. The van der Waals surface area contributed by atoms with Crippen molar-refractivity contribution < 1.29 is 9.59 Å². The first kappa shape index (κ1) is 29.1. The first-order chi connectivity index (χ1) is 20.0. The minimum absolute atomic E-state index is 0.00280. The van der Waals surface area contributed by atoms with Crippen LogP contribution < -0.4 is 10.6 Å². The lowest BCUT2D eigenvalue weighted by Gasteiger charge is -2.25. The maximum atomic E-state index is 13.5. The molecule has 0 spiro atoms. The molecular weight excluding hydrogens is 550 g/mol. The molecule has 4 aromatic rings. The Bertz CT molecular complexity index is 1660. The van der Waals surface area contributed by atoms with Crippen molar-refractivity contribution in [2.45, 2.75) is 66.0 Å². The van der Waals surface area contributed by atoms with Crippen LogP contribution in [-0.2, 0) is 4.79 Å². The van der Waals surface area contributed by atoms with E-state index in [4.69, 9.17) is 4.98 Å². The molecule has 0 aromatic carbocycles. The van der Waals surface area contributed by atoms with Gasteiger partial charge in [0.1, 0.15) is 6.07 Å². The maximum absolute atomic E-state index is 13.5. The van der Waals surface area contributed by atoms with Crippen molar-refractivity contribution in [1.82, 2.24) is 35.0 Å². The van der Waals surface area contributed by atoms with Gasteiger partial charge in [0.15, 0.2) is 5.01 Å². The number of rotatable bonds is 8. The third-order valence-corrected chi connectivity index (χ3v) is 7.89. The molecule has 0 radical (unpaired) electrons. The van der Waals surface area contributed by atoms with Crippen LogP contribution in [-0.4, -0.2) is 66.7 Å². The van der Waals surface area contributed by atoms with Gasteiger partial charge < -0.3 is 15.5 Å². The molecule has 5 heterocycles. The summed E-state index contributed by atoms with van der Waals surface area (Å²) in [6.45, 7) is 11.2. The average Bonchev–Trinajstić information content (AvgIpc) is 3.69. The lowest BCUT2D eigenvalue weighted by Crippen LogP contribution is -2.43. The van der Waals surface area contributed by atoms with Gasteiger partial charge in [-0.15, -0.1) is 10.2 Å². The molecule has 0 unspecified atom stereocenters. The molecule has 4 aromatic heterocycles. The summed E-state index contributed by atoms with van der Waals surface area (Å²) in [4.78, 5) is 32.3. The first-order valence-corrected chi connectivity index (χ1v) is 14.9. The van der Waals surface area contributed by atoms with E-state index in [1.54, 1.807) is 21.7 Å². The monoisotopic (exact) mass is 585 g/mol. The quantitative estimate of drug-likeness (QED) is 0.301. The van der Waals surface area contributed by atoms with E-state index in [0.717, 1.165) is 35.3 Å². The van der Waals surface area contributed by atoms with Gasteiger partial charge in [-0.2, -0.15) is 10.4 Å². The number of hydrogen-bond donors (Lipinski definition) is 2. The summed E-state index contributed by atoms with van der Waals surface area (Å²) in [5.41, 5.74) is 4.25. The molecule has 1 fully saturated rings. The van der Waals surface area contributed by atoms with Crippen molar-refractivity contribution in [3.05, 3.63) is 47.2 Å². The minimum atomic E-state index is -0.170. The summed E-state index contributed by atoms with van der Waals surface area (Å²) in [6, 6.07) is 9.72. The summed E-state index contributed by atoms with van der Waals surface area (Å²) in [7, 11) is 0. The van der Waals surface area contributed by atoms with Gasteiger partial charge in [0.25, 0.3) is 5.91 Å². The lowest BCUT2D eigenvalue weighted by atomic mass is 9.92. The molecule has 0 aliphatic carbocycles. The number of anilines is 1. The molecule has 1 atom stereocenters. The Balaban J connectivity index is 1.37. The molecule has 1 aliphatic heterocycles. The Morgan fingerprint density at radius 2 is 2.00 bits per heavy atom. The number of carbonyl (C=O) groups is 2. The number of carbonyl (C=O) groups excluding carboxylic acids is 2. The molecule has 12 heteroatoms. The standard InChI is InChI=1S/C30H35N9O2S/c1-18(2)35-23-12-24(25-9-8-20-11-19(14-31)15-34-39(20)25)32-17-22(23)27-36-37-28(42-27)29(41)38-10-6-7-21(38)16-33-26(40)13-30(3,4)5/h8-9,11-12,15,17-18,21H,6-7,10,13,16H2,1-5H3,(H,32,35)(H,33,40)/t21-/m1/s1. The fraction of sp³-hybridized carbons (Fsp3) is 0.433. The van der Waals surface area contributed by atoms with E-state index >= 15 is 0 Å². The van der Waals surface area contributed by atoms with Gasteiger partial charge in [0, 0.05) is 43.5 Å². The largest absolute Gasteiger partial charge is 0.382 e. The van der Waals surface area contributed by atoms with Crippen molar-refractivity contribution >= 4 is 34.4 Å². The Morgan fingerprint density at radius 1 is 1.19 bits per heavy atom. The summed E-state index contributed by atoms with van der Waals surface area (Å²) < 4.78 is 1.75. The summed E-state index contributed by atoms with van der Waals surface area (Å²) >= 11 is 1.24. The van der Waals surface area contributed by atoms with Crippen LogP contribution in [0.2, 0.25) is 0 Å². The number of likely N-dealkylation sites (tertiary alicyclic amines) is 1. The molecule has 1 saturated heterocycles.